The van der Waals surface area contributed by atoms with E-state index >= 15 is 0 Å². The fraction of sp³-hybridized carbons (Fsp3) is 0.733. The van der Waals surface area contributed by atoms with Crippen LogP contribution in [0.5, 0.6) is 0 Å². The molecule has 0 amide bonds. The van der Waals surface area contributed by atoms with Crippen molar-refractivity contribution < 1.29 is 0 Å². The molecule has 2 fully saturated rings. The van der Waals surface area contributed by atoms with E-state index in [2.05, 4.69) is 55.2 Å². The van der Waals surface area contributed by atoms with Crippen molar-refractivity contribution in [1.82, 2.24) is 10.2 Å². The zero-order valence-corrected chi connectivity index (χ0v) is 15.9. The second-order valence-electron chi connectivity index (χ2n) is 6.00. The third-order valence-corrected chi connectivity index (χ3v) is 7.81. The van der Waals surface area contributed by atoms with E-state index in [9.17, 15) is 0 Å². The minimum absolute atomic E-state index is 0.602. The molecule has 1 saturated carbocycles. The lowest BCUT2D eigenvalue weighted by Gasteiger charge is -2.34. The lowest BCUT2D eigenvalue weighted by atomic mass is 9.93. The molecule has 2 atom stereocenters. The molecule has 0 aromatic carbocycles. The second-order valence-corrected chi connectivity index (χ2v) is 9.25. The summed E-state index contributed by atoms with van der Waals surface area (Å²) in [5.41, 5.74) is 0. The first-order valence-corrected chi connectivity index (χ1v) is 9.96. The molecule has 2 unspecified atom stereocenters. The van der Waals surface area contributed by atoms with Crippen LogP contribution in [0.3, 0.4) is 0 Å². The molecule has 0 spiro atoms. The Labute approximate surface area is 142 Å². The summed E-state index contributed by atoms with van der Waals surface area (Å²) in [6, 6.07) is 3.78. The molecular weight excluding hydrogens is 400 g/mol. The van der Waals surface area contributed by atoms with Crippen LogP contribution in [-0.4, -0.2) is 31.1 Å². The van der Waals surface area contributed by atoms with Crippen molar-refractivity contribution in [3.63, 3.8) is 0 Å². The molecule has 5 heteroatoms. The molecule has 1 aliphatic heterocycles. The monoisotopic (exact) mass is 420 g/mol. The van der Waals surface area contributed by atoms with Crippen molar-refractivity contribution in [3.8, 4) is 0 Å². The van der Waals surface area contributed by atoms with Gasteiger partial charge in [0.15, 0.2) is 0 Å². The van der Waals surface area contributed by atoms with Gasteiger partial charge in [-0.3, -0.25) is 4.90 Å². The minimum Gasteiger partial charge on any atom is -0.319 e. The summed E-state index contributed by atoms with van der Waals surface area (Å²) in [6.45, 7) is 2.41. The van der Waals surface area contributed by atoms with Crippen LogP contribution >= 0.6 is 43.2 Å². The summed E-state index contributed by atoms with van der Waals surface area (Å²) in [6.07, 6.45) is 6.88. The first-order chi connectivity index (χ1) is 9.70. The van der Waals surface area contributed by atoms with Gasteiger partial charge in [0, 0.05) is 21.4 Å². The molecule has 0 bridgehead atoms. The molecule has 1 N–H and O–H groups in total. The van der Waals surface area contributed by atoms with E-state index < -0.39 is 0 Å². The van der Waals surface area contributed by atoms with Crippen LogP contribution in [0.4, 0.5) is 0 Å². The van der Waals surface area contributed by atoms with Crippen molar-refractivity contribution in [2.75, 3.05) is 20.1 Å². The Morgan fingerprint density at radius 1 is 1.30 bits per heavy atom. The lowest BCUT2D eigenvalue weighted by Crippen LogP contribution is -2.37. The molecule has 2 heterocycles. The summed E-state index contributed by atoms with van der Waals surface area (Å²) in [5.74, 6) is 0.737. The van der Waals surface area contributed by atoms with E-state index in [-0.39, 0.29) is 0 Å². The zero-order chi connectivity index (χ0) is 14.1. The van der Waals surface area contributed by atoms with Gasteiger partial charge in [-0.2, -0.15) is 0 Å². The van der Waals surface area contributed by atoms with Gasteiger partial charge in [-0.05, 0) is 89.7 Å². The van der Waals surface area contributed by atoms with E-state index in [1.165, 1.54) is 51.8 Å². The second kappa shape index (κ2) is 6.78. The van der Waals surface area contributed by atoms with Gasteiger partial charge >= 0.3 is 0 Å². The first kappa shape index (κ1) is 15.5. The average Bonchev–Trinajstić information content (AvgIpc) is 3.20. The number of rotatable bonds is 4. The minimum atomic E-state index is 0.602. The Morgan fingerprint density at radius 2 is 2.10 bits per heavy atom. The smallest absolute Gasteiger partial charge is 0.0843 e. The number of nitrogens with zero attached hydrogens (tertiary/aromatic N) is 1. The van der Waals surface area contributed by atoms with Crippen LogP contribution in [0.25, 0.3) is 0 Å². The largest absolute Gasteiger partial charge is 0.319 e. The number of hydrogen-bond acceptors (Lipinski definition) is 3. The normalized spacial score (nSPS) is 28.6. The summed E-state index contributed by atoms with van der Waals surface area (Å²) < 4.78 is 2.44. The average molecular weight is 422 g/mol. The molecule has 2 aliphatic rings. The van der Waals surface area contributed by atoms with Gasteiger partial charge in [-0.25, -0.2) is 0 Å². The predicted molar refractivity (Wildman–Crippen MR) is 93.5 cm³/mol. The number of nitrogens with one attached hydrogen (secondary N) is 1. The van der Waals surface area contributed by atoms with Crippen LogP contribution in [-0.2, 0) is 0 Å². The predicted octanol–water partition coefficient (Wildman–Crippen LogP) is 4.80. The van der Waals surface area contributed by atoms with Gasteiger partial charge in [0.25, 0.3) is 0 Å². The maximum Gasteiger partial charge on any atom is 0.0843 e. The van der Waals surface area contributed by atoms with Gasteiger partial charge in [-0.1, -0.05) is 6.42 Å². The fourth-order valence-corrected chi connectivity index (χ4v) is 5.77. The Bertz CT molecular complexity index is 439. The van der Waals surface area contributed by atoms with Crippen LogP contribution in [0.15, 0.2) is 14.3 Å². The highest BCUT2D eigenvalue weighted by Crippen LogP contribution is 2.46. The highest BCUT2D eigenvalue weighted by Gasteiger charge is 2.39. The van der Waals surface area contributed by atoms with E-state index in [1.54, 1.807) is 0 Å². The van der Waals surface area contributed by atoms with Crippen LogP contribution in [0.2, 0.25) is 0 Å². The van der Waals surface area contributed by atoms with Crippen LogP contribution < -0.4 is 5.32 Å². The summed E-state index contributed by atoms with van der Waals surface area (Å²) in [5, 5.41) is 3.42. The Kier molecular flexibility index (Phi) is 5.24. The van der Waals surface area contributed by atoms with E-state index in [0.717, 1.165) is 18.5 Å². The van der Waals surface area contributed by atoms with E-state index in [1.807, 2.05) is 11.3 Å². The van der Waals surface area contributed by atoms with Gasteiger partial charge in [0.05, 0.1) is 3.79 Å². The van der Waals surface area contributed by atoms with Gasteiger partial charge in [0.1, 0.15) is 0 Å². The van der Waals surface area contributed by atoms with Gasteiger partial charge < -0.3 is 5.32 Å². The van der Waals surface area contributed by atoms with Gasteiger partial charge in [0.2, 0.25) is 0 Å². The highest BCUT2D eigenvalue weighted by molar-refractivity contribution is 9.13. The lowest BCUT2D eigenvalue weighted by molar-refractivity contribution is 0.148. The SMILES string of the molecule is CNCC1CCCCN(C2CC2)C1c1cc(Br)c(Br)s1. The van der Waals surface area contributed by atoms with Crippen molar-refractivity contribution in [1.29, 1.82) is 0 Å². The molecule has 2 nitrogen and oxygen atoms in total. The Balaban J connectivity index is 1.92. The maximum atomic E-state index is 3.67. The molecule has 3 rings (SSSR count). The Morgan fingerprint density at radius 3 is 2.70 bits per heavy atom. The number of hydrogen-bond donors (Lipinski definition) is 1. The Hall–Kier alpha value is 0.580. The van der Waals surface area contributed by atoms with Crippen LogP contribution in [0.1, 0.15) is 43.0 Å². The summed E-state index contributed by atoms with van der Waals surface area (Å²) >= 11 is 9.24. The molecule has 1 aromatic rings. The van der Waals surface area contributed by atoms with E-state index in [0.29, 0.717) is 6.04 Å². The van der Waals surface area contributed by atoms with Crippen molar-refractivity contribution in [3.05, 3.63) is 19.2 Å². The molecule has 1 aromatic heterocycles. The number of likely N-dealkylation sites (tertiary alicyclic amines) is 1. The quantitative estimate of drug-likeness (QED) is 0.751. The third-order valence-electron chi connectivity index (χ3n) is 4.48. The van der Waals surface area contributed by atoms with Crippen LogP contribution in [0, 0.1) is 5.92 Å². The summed E-state index contributed by atoms with van der Waals surface area (Å²) in [7, 11) is 2.09. The molecule has 1 aliphatic carbocycles. The van der Waals surface area contributed by atoms with Crippen molar-refractivity contribution >= 4 is 43.2 Å². The zero-order valence-electron chi connectivity index (χ0n) is 11.9. The standard InChI is InChI=1S/C15H22Br2N2S/c1-18-9-10-4-2-3-7-19(11-5-6-11)14(10)13-8-12(16)15(17)20-13/h8,10-11,14,18H,2-7,9H2,1H3. The van der Waals surface area contributed by atoms with E-state index in [4.69, 9.17) is 0 Å². The first-order valence-electron chi connectivity index (χ1n) is 7.55. The molecule has 0 radical (unpaired) electrons. The van der Waals surface area contributed by atoms with Crippen molar-refractivity contribution in [2.45, 2.75) is 44.2 Å². The highest BCUT2D eigenvalue weighted by atomic mass is 79.9. The maximum absolute atomic E-state index is 3.67. The summed E-state index contributed by atoms with van der Waals surface area (Å²) in [4.78, 5) is 4.33. The number of halogens is 2. The molecule has 1 saturated heterocycles. The topological polar surface area (TPSA) is 15.3 Å². The molecule has 20 heavy (non-hydrogen) atoms. The fourth-order valence-electron chi connectivity index (χ4n) is 3.47. The van der Waals surface area contributed by atoms with Gasteiger partial charge in [-0.15, -0.1) is 11.3 Å². The molecular formula is C15H22Br2N2S. The van der Waals surface area contributed by atoms with Crippen molar-refractivity contribution in [2.24, 2.45) is 5.92 Å². The number of thiophene rings is 1. The molecule has 112 valence electrons. The third kappa shape index (κ3) is 3.32.